The molecule has 0 aliphatic heterocycles. The van der Waals surface area contributed by atoms with E-state index in [2.05, 4.69) is 0 Å². The predicted molar refractivity (Wildman–Crippen MR) is 116 cm³/mol. The first-order chi connectivity index (χ1) is 13.6. The Morgan fingerprint density at radius 3 is 2.71 bits per heavy atom. The average Bonchev–Trinajstić information content (AvgIpc) is 3.35. The zero-order valence-corrected chi connectivity index (χ0v) is 17.5. The smallest absolute Gasteiger partial charge is 0.239 e. The number of furan rings is 1. The van der Waals surface area contributed by atoms with Crippen LogP contribution in [0.25, 0.3) is 10.2 Å². The summed E-state index contributed by atoms with van der Waals surface area (Å²) in [7, 11) is 0. The molecule has 0 bridgehead atoms. The minimum absolute atomic E-state index is 0.0203. The molecule has 4 rings (SSSR count). The van der Waals surface area contributed by atoms with Crippen LogP contribution in [0, 0.1) is 6.92 Å². The number of aryl methyl sites for hydroxylation is 1. The molecular formula is C21H17ClN2O2S2. The van der Waals surface area contributed by atoms with Gasteiger partial charge in [0.2, 0.25) is 5.91 Å². The molecule has 142 valence electrons. The maximum Gasteiger partial charge on any atom is 0.239 e. The van der Waals surface area contributed by atoms with Crippen LogP contribution in [0.4, 0.5) is 5.13 Å². The Hall–Kier alpha value is -2.28. The van der Waals surface area contributed by atoms with E-state index in [9.17, 15) is 4.79 Å². The molecule has 4 aromatic rings. The van der Waals surface area contributed by atoms with E-state index in [1.165, 1.54) is 23.1 Å². The van der Waals surface area contributed by atoms with E-state index in [0.717, 1.165) is 26.4 Å². The summed E-state index contributed by atoms with van der Waals surface area (Å²) in [6.45, 7) is 2.38. The monoisotopic (exact) mass is 428 g/mol. The van der Waals surface area contributed by atoms with Crippen LogP contribution < -0.4 is 4.90 Å². The van der Waals surface area contributed by atoms with E-state index in [1.807, 2.05) is 61.5 Å². The summed E-state index contributed by atoms with van der Waals surface area (Å²) >= 11 is 8.93. The van der Waals surface area contributed by atoms with E-state index < -0.39 is 0 Å². The van der Waals surface area contributed by atoms with Gasteiger partial charge in [0.05, 0.1) is 28.8 Å². The van der Waals surface area contributed by atoms with Crippen LogP contribution in [-0.2, 0) is 11.3 Å². The number of nitrogens with zero attached hydrogens (tertiary/aromatic N) is 2. The first-order valence-corrected chi connectivity index (χ1v) is 10.9. The lowest BCUT2D eigenvalue weighted by Crippen LogP contribution is -2.31. The Kier molecular flexibility index (Phi) is 5.71. The number of hydrogen-bond acceptors (Lipinski definition) is 5. The molecule has 1 amide bonds. The number of anilines is 1. The van der Waals surface area contributed by atoms with E-state index in [4.69, 9.17) is 21.0 Å². The van der Waals surface area contributed by atoms with E-state index in [0.29, 0.717) is 22.5 Å². The Morgan fingerprint density at radius 1 is 1.18 bits per heavy atom. The number of halogens is 1. The summed E-state index contributed by atoms with van der Waals surface area (Å²) in [5.74, 6) is 1.01. The summed E-state index contributed by atoms with van der Waals surface area (Å²) in [6, 6.07) is 17.2. The van der Waals surface area contributed by atoms with Gasteiger partial charge in [-0.15, -0.1) is 11.8 Å². The van der Waals surface area contributed by atoms with Gasteiger partial charge in [0, 0.05) is 9.92 Å². The molecule has 0 unspecified atom stereocenters. The molecule has 7 heteroatoms. The van der Waals surface area contributed by atoms with E-state index in [-0.39, 0.29) is 5.91 Å². The van der Waals surface area contributed by atoms with Gasteiger partial charge in [-0.05, 0) is 55.0 Å². The summed E-state index contributed by atoms with van der Waals surface area (Å²) in [6.07, 6.45) is 1.61. The van der Waals surface area contributed by atoms with Gasteiger partial charge >= 0.3 is 0 Å². The van der Waals surface area contributed by atoms with Crippen LogP contribution in [0.2, 0.25) is 5.02 Å². The molecule has 0 aliphatic rings. The standard InChI is InChI=1S/C21H17ClN2O2S2/c1-14-4-2-6-18-20(14)23-21(28-18)24(12-16-5-3-11-26-16)19(25)13-27-17-9-7-15(22)8-10-17/h2-11H,12-13H2,1H3. The lowest BCUT2D eigenvalue weighted by atomic mass is 10.2. The van der Waals surface area contributed by atoms with Crippen LogP contribution in [-0.4, -0.2) is 16.6 Å². The van der Waals surface area contributed by atoms with Crippen molar-refractivity contribution in [2.24, 2.45) is 0 Å². The number of rotatable bonds is 6. The van der Waals surface area contributed by atoms with Crippen molar-refractivity contribution >= 4 is 56.0 Å². The molecule has 0 radical (unpaired) electrons. The molecule has 0 saturated heterocycles. The molecular weight excluding hydrogens is 412 g/mol. The fraction of sp³-hybridized carbons (Fsp3) is 0.143. The highest BCUT2D eigenvalue weighted by atomic mass is 35.5. The fourth-order valence-corrected chi connectivity index (χ4v) is 4.73. The number of fused-ring (bicyclic) bond motifs is 1. The zero-order valence-electron chi connectivity index (χ0n) is 15.1. The lowest BCUT2D eigenvalue weighted by Gasteiger charge is -2.18. The highest BCUT2D eigenvalue weighted by molar-refractivity contribution is 8.00. The Balaban J connectivity index is 1.59. The highest BCUT2D eigenvalue weighted by Crippen LogP contribution is 2.32. The second-order valence-electron chi connectivity index (χ2n) is 6.22. The van der Waals surface area contributed by atoms with Gasteiger partial charge in [0.1, 0.15) is 5.76 Å². The third-order valence-corrected chi connectivity index (χ3v) is 6.50. The van der Waals surface area contributed by atoms with Crippen molar-refractivity contribution in [3.05, 3.63) is 77.2 Å². The number of thiazole rings is 1. The first-order valence-electron chi connectivity index (χ1n) is 8.67. The SMILES string of the molecule is Cc1cccc2sc(N(Cc3ccco3)C(=O)CSc3ccc(Cl)cc3)nc12. The Labute approximate surface area is 176 Å². The zero-order chi connectivity index (χ0) is 19.5. The van der Waals surface area contributed by atoms with Crippen molar-refractivity contribution in [3.63, 3.8) is 0 Å². The minimum atomic E-state index is -0.0203. The number of benzene rings is 2. The number of amides is 1. The van der Waals surface area contributed by atoms with Gasteiger partial charge in [-0.1, -0.05) is 35.1 Å². The van der Waals surface area contributed by atoms with Crippen molar-refractivity contribution in [1.29, 1.82) is 0 Å². The largest absolute Gasteiger partial charge is 0.467 e. The third-order valence-electron chi connectivity index (χ3n) is 4.21. The van der Waals surface area contributed by atoms with E-state index >= 15 is 0 Å². The number of carbonyl (C=O) groups is 1. The van der Waals surface area contributed by atoms with Gasteiger partial charge in [-0.3, -0.25) is 9.69 Å². The van der Waals surface area contributed by atoms with Crippen molar-refractivity contribution in [2.45, 2.75) is 18.4 Å². The molecule has 0 N–H and O–H groups in total. The van der Waals surface area contributed by atoms with Gasteiger partial charge < -0.3 is 4.42 Å². The maximum atomic E-state index is 13.1. The van der Waals surface area contributed by atoms with Crippen LogP contribution >= 0.6 is 34.7 Å². The quantitative estimate of drug-likeness (QED) is 0.344. The molecule has 0 fully saturated rings. The lowest BCUT2D eigenvalue weighted by molar-refractivity contribution is -0.116. The number of carbonyl (C=O) groups excluding carboxylic acids is 1. The normalized spacial score (nSPS) is 11.1. The Bertz CT molecular complexity index is 1090. The molecule has 0 aliphatic carbocycles. The summed E-state index contributed by atoms with van der Waals surface area (Å²) in [5.41, 5.74) is 2.03. The summed E-state index contributed by atoms with van der Waals surface area (Å²) < 4.78 is 6.54. The molecule has 28 heavy (non-hydrogen) atoms. The van der Waals surface area contributed by atoms with Gasteiger partial charge in [-0.25, -0.2) is 4.98 Å². The van der Waals surface area contributed by atoms with E-state index in [1.54, 1.807) is 11.2 Å². The highest BCUT2D eigenvalue weighted by Gasteiger charge is 2.22. The molecule has 2 aromatic heterocycles. The summed E-state index contributed by atoms with van der Waals surface area (Å²) in [5, 5.41) is 1.36. The molecule has 2 heterocycles. The molecule has 0 atom stereocenters. The number of thioether (sulfide) groups is 1. The second kappa shape index (κ2) is 8.39. The van der Waals surface area contributed by atoms with Crippen molar-refractivity contribution in [3.8, 4) is 0 Å². The predicted octanol–water partition coefficient (Wildman–Crippen LogP) is 6.18. The molecule has 2 aromatic carbocycles. The van der Waals surface area contributed by atoms with Gasteiger partial charge in [0.15, 0.2) is 5.13 Å². The van der Waals surface area contributed by atoms with Crippen molar-refractivity contribution in [1.82, 2.24) is 4.98 Å². The number of para-hydroxylation sites is 1. The fourth-order valence-electron chi connectivity index (χ4n) is 2.76. The van der Waals surface area contributed by atoms with Crippen molar-refractivity contribution < 1.29 is 9.21 Å². The molecule has 4 nitrogen and oxygen atoms in total. The topological polar surface area (TPSA) is 46.3 Å². The maximum absolute atomic E-state index is 13.1. The second-order valence-corrected chi connectivity index (χ2v) is 8.71. The Morgan fingerprint density at radius 2 is 2.00 bits per heavy atom. The van der Waals surface area contributed by atoms with Crippen LogP contribution in [0.1, 0.15) is 11.3 Å². The van der Waals surface area contributed by atoms with Crippen molar-refractivity contribution in [2.75, 3.05) is 10.7 Å². The average molecular weight is 429 g/mol. The van der Waals surface area contributed by atoms with Gasteiger partial charge in [0.25, 0.3) is 0 Å². The van der Waals surface area contributed by atoms with Gasteiger partial charge in [-0.2, -0.15) is 0 Å². The van der Waals surface area contributed by atoms with Crippen LogP contribution in [0.3, 0.4) is 0 Å². The van der Waals surface area contributed by atoms with Crippen LogP contribution in [0.15, 0.2) is 70.2 Å². The number of aromatic nitrogens is 1. The number of hydrogen-bond donors (Lipinski definition) is 0. The first kappa shape index (κ1) is 19.1. The van der Waals surface area contributed by atoms with Crippen LogP contribution in [0.5, 0.6) is 0 Å². The molecule has 0 saturated carbocycles. The minimum Gasteiger partial charge on any atom is -0.467 e. The summed E-state index contributed by atoms with van der Waals surface area (Å²) in [4.78, 5) is 20.5. The third kappa shape index (κ3) is 4.24. The molecule has 0 spiro atoms.